The SMILES string of the molecule is COc1cc(F)cc(Nc2cc(Cl)nc(C3CC3)n2)c1. The second-order valence-electron chi connectivity index (χ2n) is 4.71. The third-order valence-electron chi connectivity index (χ3n) is 3.03. The molecule has 0 bridgehead atoms. The first-order valence-corrected chi connectivity index (χ1v) is 6.68. The zero-order chi connectivity index (χ0) is 14.1. The summed E-state index contributed by atoms with van der Waals surface area (Å²) in [6, 6.07) is 5.99. The summed E-state index contributed by atoms with van der Waals surface area (Å²) in [5.74, 6) is 1.75. The van der Waals surface area contributed by atoms with Crippen molar-refractivity contribution in [2.24, 2.45) is 0 Å². The lowest BCUT2D eigenvalue weighted by Crippen LogP contribution is -2.00. The molecule has 1 fully saturated rings. The minimum absolute atomic E-state index is 0.380. The number of rotatable bonds is 4. The molecule has 0 radical (unpaired) electrons. The highest BCUT2D eigenvalue weighted by Gasteiger charge is 2.27. The standard InChI is InChI=1S/C14H13ClFN3O/c1-20-11-5-9(16)4-10(6-11)17-13-7-12(15)18-14(19-13)8-2-3-8/h4-8H,2-3H2,1H3,(H,17,18,19). The normalized spacial score (nSPS) is 14.2. The van der Waals surface area contributed by atoms with Gasteiger partial charge < -0.3 is 10.1 Å². The van der Waals surface area contributed by atoms with Gasteiger partial charge in [0.05, 0.1) is 7.11 Å². The van der Waals surface area contributed by atoms with Gasteiger partial charge in [-0.3, -0.25) is 0 Å². The van der Waals surface area contributed by atoms with Gasteiger partial charge in [-0.25, -0.2) is 14.4 Å². The number of nitrogens with one attached hydrogen (secondary N) is 1. The summed E-state index contributed by atoms with van der Waals surface area (Å²) < 4.78 is 18.5. The fourth-order valence-corrected chi connectivity index (χ4v) is 2.11. The Morgan fingerprint density at radius 3 is 2.75 bits per heavy atom. The number of ether oxygens (including phenoxy) is 1. The molecule has 0 saturated heterocycles. The van der Waals surface area contributed by atoms with Crippen LogP contribution in [-0.4, -0.2) is 17.1 Å². The number of nitrogens with zero attached hydrogens (tertiary/aromatic N) is 2. The number of benzene rings is 1. The topological polar surface area (TPSA) is 47.0 Å². The molecule has 4 nitrogen and oxygen atoms in total. The first-order chi connectivity index (χ1) is 9.64. The molecular formula is C14H13ClFN3O. The molecule has 0 spiro atoms. The molecule has 3 rings (SSSR count). The van der Waals surface area contributed by atoms with E-state index in [-0.39, 0.29) is 5.82 Å². The van der Waals surface area contributed by atoms with Crippen molar-refractivity contribution in [2.75, 3.05) is 12.4 Å². The number of anilines is 2. The van der Waals surface area contributed by atoms with Crippen molar-refractivity contribution in [3.05, 3.63) is 41.1 Å². The van der Waals surface area contributed by atoms with Gasteiger partial charge in [0.1, 0.15) is 28.4 Å². The van der Waals surface area contributed by atoms with E-state index in [1.54, 1.807) is 12.1 Å². The molecule has 1 saturated carbocycles. The van der Waals surface area contributed by atoms with Gasteiger partial charge in [0.2, 0.25) is 0 Å². The van der Waals surface area contributed by atoms with Crippen molar-refractivity contribution in [3.8, 4) is 5.75 Å². The van der Waals surface area contributed by atoms with Crippen LogP contribution in [0.25, 0.3) is 0 Å². The molecule has 1 aliphatic rings. The molecule has 0 aliphatic heterocycles. The zero-order valence-electron chi connectivity index (χ0n) is 10.9. The molecule has 1 aromatic heterocycles. The lowest BCUT2D eigenvalue weighted by atomic mass is 10.3. The fraction of sp³-hybridized carbons (Fsp3) is 0.286. The Bertz CT molecular complexity index is 646. The second kappa shape index (κ2) is 5.25. The van der Waals surface area contributed by atoms with Gasteiger partial charge in [0.15, 0.2) is 0 Å². The molecule has 1 heterocycles. The van der Waals surface area contributed by atoms with Gasteiger partial charge in [-0.2, -0.15) is 0 Å². The van der Waals surface area contributed by atoms with E-state index in [1.807, 2.05) is 0 Å². The Labute approximate surface area is 121 Å². The molecule has 0 amide bonds. The van der Waals surface area contributed by atoms with E-state index in [0.717, 1.165) is 18.7 Å². The van der Waals surface area contributed by atoms with Crippen LogP contribution in [0.15, 0.2) is 24.3 Å². The quantitative estimate of drug-likeness (QED) is 0.869. The molecule has 20 heavy (non-hydrogen) atoms. The molecule has 6 heteroatoms. The molecule has 1 aliphatic carbocycles. The van der Waals surface area contributed by atoms with Crippen LogP contribution < -0.4 is 10.1 Å². The Morgan fingerprint density at radius 2 is 2.05 bits per heavy atom. The third-order valence-corrected chi connectivity index (χ3v) is 3.23. The Morgan fingerprint density at radius 1 is 1.25 bits per heavy atom. The van der Waals surface area contributed by atoms with Gasteiger partial charge in [-0.05, 0) is 18.9 Å². The molecule has 2 aromatic rings. The highest BCUT2D eigenvalue weighted by molar-refractivity contribution is 6.29. The third kappa shape index (κ3) is 2.99. The average Bonchev–Trinajstić information content (AvgIpc) is 3.21. The second-order valence-corrected chi connectivity index (χ2v) is 5.10. The van der Waals surface area contributed by atoms with Crippen LogP contribution in [-0.2, 0) is 0 Å². The maximum Gasteiger partial charge on any atom is 0.135 e. The summed E-state index contributed by atoms with van der Waals surface area (Å²) in [5, 5.41) is 3.41. The zero-order valence-corrected chi connectivity index (χ0v) is 11.6. The van der Waals surface area contributed by atoms with Gasteiger partial charge in [0.25, 0.3) is 0 Å². The van der Waals surface area contributed by atoms with Crippen LogP contribution in [0, 0.1) is 5.82 Å². The first kappa shape index (κ1) is 13.1. The van der Waals surface area contributed by atoms with Gasteiger partial charge in [0, 0.05) is 29.8 Å². The van der Waals surface area contributed by atoms with E-state index < -0.39 is 0 Å². The van der Waals surface area contributed by atoms with Crippen LogP contribution in [0.2, 0.25) is 5.15 Å². The van der Waals surface area contributed by atoms with Gasteiger partial charge in [-0.15, -0.1) is 0 Å². The molecule has 104 valence electrons. The van der Waals surface area contributed by atoms with E-state index in [4.69, 9.17) is 16.3 Å². The van der Waals surface area contributed by atoms with Crippen molar-refractivity contribution in [3.63, 3.8) is 0 Å². The van der Waals surface area contributed by atoms with Crippen molar-refractivity contribution in [1.82, 2.24) is 9.97 Å². The van der Waals surface area contributed by atoms with E-state index >= 15 is 0 Å². The van der Waals surface area contributed by atoms with Crippen LogP contribution in [0.3, 0.4) is 0 Å². The van der Waals surface area contributed by atoms with Crippen molar-refractivity contribution in [1.29, 1.82) is 0 Å². The first-order valence-electron chi connectivity index (χ1n) is 6.30. The summed E-state index contributed by atoms with van der Waals surface area (Å²) in [6.07, 6.45) is 2.18. The number of methoxy groups -OCH3 is 1. The average molecular weight is 294 g/mol. The van der Waals surface area contributed by atoms with E-state index in [9.17, 15) is 4.39 Å². The minimum Gasteiger partial charge on any atom is -0.497 e. The minimum atomic E-state index is -0.380. The largest absolute Gasteiger partial charge is 0.497 e. The van der Waals surface area contributed by atoms with E-state index in [2.05, 4.69) is 15.3 Å². The van der Waals surface area contributed by atoms with Crippen LogP contribution in [0.5, 0.6) is 5.75 Å². The smallest absolute Gasteiger partial charge is 0.135 e. The van der Waals surface area contributed by atoms with Gasteiger partial charge in [-0.1, -0.05) is 11.6 Å². The maximum absolute atomic E-state index is 13.4. The molecule has 0 atom stereocenters. The number of hydrogen-bond acceptors (Lipinski definition) is 4. The lowest BCUT2D eigenvalue weighted by molar-refractivity contribution is 0.411. The van der Waals surface area contributed by atoms with Crippen LogP contribution >= 0.6 is 11.6 Å². The Balaban J connectivity index is 1.88. The molecule has 1 aromatic carbocycles. The monoisotopic (exact) mass is 293 g/mol. The fourth-order valence-electron chi connectivity index (χ4n) is 1.92. The summed E-state index contributed by atoms with van der Waals surface area (Å²) in [6.45, 7) is 0. The predicted octanol–water partition coefficient (Wildman–Crippen LogP) is 3.90. The molecular weight excluding hydrogens is 281 g/mol. The molecule has 1 N–H and O–H groups in total. The summed E-state index contributed by atoms with van der Waals surface area (Å²) in [4.78, 5) is 8.61. The van der Waals surface area contributed by atoms with Crippen molar-refractivity contribution < 1.29 is 9.13 Å². The maximum atomic E-state index is 13.4. The molecule has 0 unspecified atom stereocenters. The Kier molecular flexibility index (Phi) is 3.44. The number of hydrogen-bond donors (Lipinski definition) is 1. The van der Waals surface area contributed by atoms with Crippen LogP contribution in [0.4, 0.5) is 15.9 Å². The van der Waals surface area contributed by atoms with E-state index in [1.165, 1.54) is 19.2 Å². The van der Waals surface area contributed by atoms with Crippen molar-refractivity contribution >= 4 is 23.1 Å². The van der Waals surface area contributed by atoms with Crippen LogP contribution in [0.1, 0.15) is 24.6 Å². The number of aromatic nitrogens is 2. The summed E-state index contributed by atoms with van der Waals surface area (Å²) in [7, 11) is 1.49. The predicted molar refractivity (Wildman–Crippen MR) is 75.3 cm³/mol. The highest BCUT2D eigenvalue weighted by atomic mass is 35.5. The van der Waals surface area contributed by atoms with Gasteiger partial charge >= 0.3 is 0 Å². The van der Waals surface area contributed by atoms with Crippen molar-refractivity contribution in [2.45, 2.75) is 18.8 Å². The van der Waals surface area contributed by atoms with E-state index in [0.29, 0.717) is 28.3 Å². The summed E-state index contributed by atoms with van der Waals surface area (Å²) >= 11 is 5.99. The highest BCUT2D eigenvalue weighted by Crippen LogP contribution is 2.39. The lowest BCUT2D eigenvalue weighted by Gasteiger charge is -2.09. The number of halogens is 2. The Hall–Kier alpha value is -1.88. The summed E-state index contributed by atoms with van der Waals surface area (Å²) in [5.41, 5.74) is 0.554.